The van der Waals surface area contributed by atoms with Crippen molar-refractivity contribution < 1.29 is 5.11 Å². The van der Waals surface area contributed by atoms with Crippen LogP contribution in [-0.4, -0.2) is 10.1 Å². The number of phenolic OH excluding ortho intramolecular Hbond substituents is 1. The van der Waals surface area contributed by atoms with E-state index < -0.39 is 0 Å². The topological polar surface area (TPSA) is 45.2 Å². The van der Waals surface area contributed by atoms with Crippen molar-refractivity contribution in [3.8, 4) is 5.75 Å². The third-order valence-corrected chi connectivity index (χ3v) is 3.35. The summed E-state index contributed by atoms with van der Waals surface area (Å²) in [4.78, 5) is 4.36. The Morgan fingerprint density at radius 1 is 1.26 bits per heavy atom. The number of pyridine rings is 1. The quantitative estimate of drug-likeness (QED) is 0.882. The molecule has 0 saturated heterocycles. The lowest BCUT2D eigenvalue weighted by Crippen LogP contribution is -2.19. The maximum absolute atomic E-state index is 9.96. The second-order valence-corrected chi connectivity index (χ2v) is 4.93. The van der Waals surface area contributed by atoms with Crippen LogP contribution in [0.1, 0.15) is 35.3 Å². The fourth-order valence-corrected chi connectivity index (χ4v) is 2.08. The minimum atomic E-state index is 0.0852. The van der Waals surface area contributed by atoms with E-state index in [4.69, 9.17) is 0 Å². The Morgan fingerprint density at radius 2 is 2.05 bits per heavy atom. The van der Waals surface area contributed by atoms with E-state index in [1.165, 1.54) is 5.56 Å². The largest absolute Gasteiger partial charge is 0.508 e. The van der Waals surface area contributed by atoms with Gasteiger partial charge in [0.25, 0.3) is 0 Å². The second kappa shape index (κ2) is 5.85. The number of aromatic nitrogens is 1. The third kappa shape index (κ3) is 3.32. The molecule has 1 unspecified atom stereocenters. The van der Waals surface area contributed by atoms with Gasteiger partial charge in [-0.15, -0.1) is 0 Å². The van der Waals surface area contributed by atoms with Gasteiger partial charge >= 0.3 is 0 Å². The highest BCUT2D eigenvalue weighted by Gasteiger charge is 2.10. The summed E-state index contributed by atoms with van der Waals surface area (Å²) < 4.78 is 0. The first-order chi connectivity index (χ1) is 9.08. The summed E-state index contributed by atoms with van der Waals surface area (Å²) >= 11 is 0. The standard InChI is InChI=1S/C16H20N2O/c1-11-6-7-14(16(19)9-11)13(3)18-10-15-12(2)5-4-8-17-15/h4-9,13,18-19H,10H2,1-3H3. The molecule has 0 spiro atoms. The Balaban J connectivity index is 2.05. The zero-order chi connectivity index (χ0) is 13.8. The van der Waals surface area contributed by atoms with Gasteiger partial charge < -0.3 is 10.4 Å². The number of nitrogens with zero attached hydrogens (tertiary/aromatic N) is 1. The van der Waals surface area contributed by atoms with E-state index in [1.807, 2.05) is 32.0 Å². The van der Waals surface area contributed by atoms with Gasteiger partial charge in [-0.25, -0.2) is 0 Å². The zero-order valence-corrected chi connectivity index (χ0v) is 11.6. The third-order valence-electron chi connectivity index (χ3n) is 3.35. The van der Waals surface area contributed by atoms with Crippen molar-refractivity contribution in [2.75, 3.05) is 0 Å². The smallest absolute Gasteiger partial charge is 0.120 e. The molecule has 0 aliphatic heterocycles. The van der Waals surface area contributed by atoms with Crippen LogP contribution in [-0.2, 0) is 6.54 Å². The number of benzene rings is 1. The summed E-state index contributed by atoms with van der Waals surface area (Å²) in [5, 5.41) is 13.4. The van der Waals surface area contributed by atoms with Crippen LogP contribution in [0.5, 0.6) is 5.75 Å². The van der Waals surface area contributed by atoms with E-state index in [-0.39, 0.29) is 6.04 Å². The normalized spacial score (nSPS) is 12.4. The summed E-state index contributed by atoms with van der Waals surface area (Å²) in [6.07, 6.45) is 1.80. The molecule has 0 radical (unpaired) electrons. The van der Waals surface area contributed by atoms with Crippen LogP contribution < -0.4 is 5.32 Å². The highest BCUT2D eigenvalue weighted by Crippen LogP contribution is 2.25. The monoisotopic (exact) mass is 256 g/mol. The van der Waals surface area contributed by atoms with Gasteiger partial charge in [-0.2, -0.15) is 0 Å². The molecule has 1 aromatic carbocycles. The molecule has 0 saturated carbocycles. The van der Waals surface area contributed by atoms with Crippen LogP contribution in [0, 0.1) is 13.8 Å². The molecule has 2 aromatic rings. The summed E-state index contributed by atoms with van der Waals surface area (Å²) in [6, 6.07) is 9.85. The molecule has 3 nitrogen and oxygen atoms in total. The van der Waals surface area contributed by atoms with Gasteiger partial charge in [-0.3, -0.25) is 4.98 Å². The molecule has 100 valence electrons. The maximum atomic E-state index is 9.96. The number of rotatable bonds is 4. The van der Waals surface area contributed by atoms with Gasteiger partial charge in [0, 0.05) is 24.3 Å². The average Bonchev–Trinajstić information content (AvgIpc) is 2.37. The highest BCUT2D eigenvalue weighted by molar-refractivity contribution is 5.37. The lowest BCUT2D eigenvalue weighted by Gasteiger charge is -2.16. The molecule has 2 N–H and O–H groups in total. The van der Waals surface area contributed by atoms with E-state index in [2.05, 4.69) is 23.3 Å². The Morgan fingerprint density at radius 3 is 2.74 bits per heavy atom. The van der Waals surface area contributed by atoms with Crippen LogP contribution >= 0.6 is 0 Å². The number of nitrogens with one attached hydrogen (secondary N) is 1. The molecular formula is C16H20N2O. The predicted octanol–water partition coefficient (Wildman–Crippen LogP) is 3.25. The van der Waals surface area contributed by atoms with E-state index in [1.54, 1.807) is 12.3 Å². The predicted molar refractivity (Wildman–Crippen MR) is 77.1 cm³/mol. The molecule has 1 heterocycles. The number of aromatic hydroxyl groups is 1. The molecule has 0 aliphatic rings. The van der Waals surface area contributed by atoms with Crippen molar-refractivity contribution in [2.24, 2.45) is 0 Å². The fraction of sp³-hybridized carbons (Fsp3) is 0.312. The Hall–Kier alpha value is -1.87. The van der Waals surface area contributed by atoms with Crippen molar-refractivity contribution in [1.82, 2.24) is 10.3 Å². The minimum absolute atomic E-state index is 0.0852. The van der Waals surface area contributed by atoms with Crippen molar-refractivity contribution >= 4 is 0 Å². The van der Waals surface area contributed by atoms with E-state index in [0.29, 0.717) is 12.3 Å². The maximum Gasteiger partial charge on any atom is 0.120 e. The van der Waals surface area contributed by atoms with Gasteiger partial charge in [0.05, 0.1) is 5.69 Å². The Labute approximate surface area is 114 Å². The summed E-state index contributed by atoms with van der Waals surface area (Å²) in [5.74, 6) is 0.345. The first-order valence-corrected chi connectivity index (χ1v) is 6.51. The molecule has 0 bridgehead atoms. The van der Waals surface area contributed by atoms with Crippen molar-refractivity contribution in [1.29, 1.82) is 0 Å². The van der Waals surface area contributed by atoms with Crippen LogP contribution in [0.4, 0.5) is 0 Å². The Kier molecular flexibility index (Phi) is 4.17. The van der Waals surface area contributed by atoms with Crippen molar-refractivity contribution in [3.05, 3.63) is 58.9 Å². The molecule has 19 heavy (non-hydrogen) atoms. The molecule has 0 amide bonds. The zero-order valence-electron chi connectivity index (χ0n) is 11.6. The van der Waals surface area contributed by atoms with Crippen molar-refractivity contribution in [2.45, 2.75) is 33.4 Å². The van der Waals surface area contributed by atoms with Gasteiger partial charge in [0.15, 0.2) is 0 Å². The number of hydrogen-bond donors (Lipinski definition) is 2. The van der Waals surface area contributed by atoms with Crippen LogP contribution in [0.2, 0.25) is 0 Å². The molecule has 0 aliphatic carbocycles. The lowest BCUT2D eigenvalue weighted by atomic mass is 10.0. The number of aryl methyl sites for hydroxylation is 2. The van der Waals surface area contributed by atoms with Gasteiger partial charge in [-0.1, -0.05) is 18.2 Å². The molecule has 1 aromatic heterocycles. The van der Waals surface area contributed by atoms with Crippen LogP contribution in [0.25, 0.3) is 0 Å². The summed E-state index contributed by atoms with van der Waals surface area (Å²) in [6.45, 7) is 6.76. The van der Waals surface area contributed by atoms with Gasteiger partial charge in [-0.05, 0) is 44.0 Å². The van der Waals surface area contributed by atoms with E-state index in [0.717, 1.165) is 16.8 Å². The molecule has 0 fully saturated rings. The van der Waals surface area contributed by atoms with E-state index in [9.17, 15) is 5.11 Å². The second-order valence-electron chi connectivity index (χ2n) is 4.93. The molecule has 1 atom stereocenters. The molecule has 2 rings (SSSR count). The van der Waals surface area contributed by atoms with Gasteiger partial charge in [0.1, 0.15) is 5.75 Å². The first-order valence-electron chi connectivity index (χ1n) is 6.51. The first kappa shape index (κ1) is 13.6. The number of phenols is 1. The average molecular weight is 256 g/mol. The van der Waals surface area contributed by atoms with E-state index >= 15 is 0 Å². The lowest BCUT2D eigenvalue weighted by molar-refractivity contribution is 0.451. The summed E-state index contributed by atoms with van der Waals surface area (Å²) in [7, 11) is 0. The minimum Gasteiger partial charge on any atom is -0.508 e. The molecular weight excluding hydrogens is 236 g/mol. The highest BCUT2D eigenvalue weighted by atomic mass is 16.3. The SMILES string of the molecule is Cc1ccc(C(C)NCc2ncccc2C)c(O)c1. The summed E-state index contributed by atoms with van der Waals surface area (Å²) in [5.41, 5.74) is 4.20. The Bertz CT molecular complexity index is 566. The van der Waals surface area contributed by atoms with Crippen LogP contribution in [0.3, 0.4) is 0 Å². The molecule has 3 heteroatoms. The van der Waals surface area contributed by atoms with Gasteiger partial charge in [0.2, 0.25) is 0 Å². The fourth-order valence-electron chi connectivity index (χ4n) is 2.08. The van der Waals surface area contributed by atoms with Crippen LogP contribution in [0.15, 0.2) is 36.5 Å². The van der Waals surface area contributed by atoms with Crippen molar-refractivity contribution in [3.63, 3.8) is 0 Å². The number of hydrogen-bond acceptors (Lipinski definition) is 3.